The van der Waals surface area contributed by atoms with Crippen LogP contribution in [0.5, 0.6) is 0 Å². The molecule has 0 aromatic rings. The molecule has 0 aliphatic carbocycles. The predicted molar refractivity (Wildman–Crippen MR) is 67.4 cm³/mol. The molecule has 1 rings (SSSR count). The topological polar surface area (TPSA) is 49.4 Å². The fourth-order valence-corrected chi connectivity index (χ4v) is 2.23. The Morgan fingerprint density at radius 2 is 2.00 bits per heavy atom. The molecule has 0 saturated carbocycles. The highest BCUT2D eigenvalue weighted by Gasteiger charge is 2.28. The maximum absolute atomic E-state index is 11.7. The number of amides is 2. The van der Waals surface area contributed by atoms with Gasteiger partial charge in [-0.25, -0.2) is 0 Å². The molecule has 0 spiro atoms. The van der Waals surface area contributed by atoms with Crippen molar-refractivity contribution in [2.75, 3.05) is 13.1 Å². The summed E-state index contributed by atoms with van der Waals surface area (Å²) in [5.74, 6) is 0.690. The fraction of sp³-hybridized carbons (Fsp3) is 0.846. The number of rotatable bonds is 3. The van der Waals surface area contributed by atoms with Gasteiger partial charge in [-0.15, -0.1) is 0 Å². The Kier molecular flexibility index (Phi) is 4.97. The van der Waals surface area contributed by atoms with Gasteiger partial charge in [0.15, 0.2) is 0 Å². The first-order valence-electron chi connectivity index (χ1n) is 6.49. The zero-order valence-electron chi connectivity index (χ0n) is 11.3. The summed E-state index contributed by atoms with van der Waals surface area (Å²) >= 11 is 0. The van der Waals surface area contributed by atoms with E-state index >= 15 is 0 Å². The van der Waals surface area contributed by atoms with E-state index in [1.165, 1.54) is 0 Å². The lowest BCUT2D eigenvalue weighted by molar-refractivity contribution is -0.133. The van der Waals surface area contributed by atoms with Gasteiger partial charge < -0.3 is 10.2 Å². The van der Waals surface area contributed by atoms with Crippen LogP contribution in [0.25, 0.3) is 0 Å². The van der Waals surface area contributed by atoms with E-state index in [0.29, 0.717) is 12.5 Å². The molecule has 1 saturated heterocycles. The van der Waals surface area contributed by atoms with E-state index in [0.717, 1.165) is 19.4 Å². The summed E-state index contributed by atoms with van der Waals surface area (Å²) < 4.78 is 0. The van der Waals surface area contributed by atoms with Gasteiger partial charge in [0.05, 0.1) is 0 Å². The molecule has 0 radical (unpaired) electrons. The Morgan fingerprint density at radius 1 is 1.35 bits per heavy atom. The number of carbonyl (C=O) groups is 2. The largest absolute Gasteiger partial charge is 0.351 e. The molecule has 0 aromatic carbocycles. The highest BCUT2D eigenvalue weighted by molar-refractivity contribution is 5.78. The molecule has 1 aliphatic rings. The van der Waals surface area contributed by atoms with E-state index in [2.05, 4.69) is 12.2 Å². The van der Waals surface area contributed by atoms with Gasteiger partial charge in [-0.3, -0.25) is 9.59 Å². The van der Waals surface area contributed by atoms with E-state index < -0.39 is 0 Å². The highest BCUT2D eigenvalue weighted by atomic mass is 16.2. The fourth-order valence-electron chi connectivity index (χ4n) is 2.23. The molecular formula is C13H24N2O2. The first-order chi connectivity index (χ1) is 7.93. The van der Waals surface area contributed by atoms with Crippen molar-refractivity contribution in [1.29, 1.82) is 0 Å². The van der Waals surface area contributed by atoms with E-state index in [-0.39, 0.29) is 23.8 Å². The summed E-state index contributed by atoms with van der Waals surface area (Å²) in [7, 11) is 0. The van der Waals surface area contributed by atoms with Gasteiger partial charge in [0.1, 0.15) is 0 Å². The summed E-state index contributed by atoms with van der Waals surface area (Å²) in [6, 6.07) is 0.118. The van der Waals surface area contributed by atoms with Gasteiger partial charge in [-0.2, -0.15) is 0 Å². The van der Waals surface area contributed by atoms with Gasteiger partial charge in [0.25, 0.3) is 0 Å². The normalized spacial score (nSPS) is 24.9. The molecule has 1 fully saturated rings. The number of hydrogen-bond donors (Lipinski definition) is 1. The van der Waals surface area contributed by atoms with Crippen LogP contribution in [-0.4, -0.2) is 35.8 Å². The number of nitrogens with one attached hydrogen (secondary N) is 1. The van der Waals surface area contributed by atoms with Crippen LogP contribution < -0.4 is 5.32 Å². The highest BCUT2D eigenvalue weighted by Crippen LogP contribution is 2.20. The summed E-state index contributed by atoms with van der Waals surface area (Å²) in [6.45, 7) is 9.00. The summed E-state index contributed by atoms with van der Waals surface area (Å²) in [5.41, 5.74) is 0. The van der Waals surface area contributed by atoms with Crippen LogP contribution in [0.15, 0.2) is 0 Å². The second-order valence-electron chi connectivity index (χ2n) is 5.29. The zero-order valence-corrected chi connectivity index (χ0v) is 11.3. The van der Waals surface area contributed by atoms with Crippen LogP contribution in [0.2, 0.25) is 0 Å². The molecule has 2 unspecified atom stereocenters. The molecule has 1 aliphatic heterocycles. The molecule has 0 bridgehead atoms. The van der Waals surface area contributed by atoms with Crippen molar-refractivity contribution >= 4 is 11.8 Å². The third-order valence-electron chi connectivity index (χ3n) is 3.43. The number of nitrogens with zero attached hydrogens (tertiary/aromatic N) is 1. The van der Waals surface area contributed by atoms with E-state index in [9.17, 15) is 9.59 Å². The third kappa shape index (κ3) is 4.02. The maximum atomic E-state index is 11.7. The van der Waals surface area contributed by atoms with Crippen LogP contribution in [0.1, 0.15) is 40.5 Å². The Bertz CT molecular complexity index is 289. The summed E-state index contributed by atoms with van der Waals surface area (Å²) in [5, 5.41) is 3.03. The molecule has 4 nitrogen and oxygen atoms in total. The van der Waals surface area contributed by atoms with E-state index in [1.807, 2.05) is 18.7 Å². The first kappa shape index (κ1) is 14.0. The molecule has 17 heavy (non-hydrogen) atoms. The molecule has 1 N–H and O–H groups in total. The Labute approximate surface area is 104 Å². The van der Waals surface area contributed by atoms with Crippen LogP contribution in [0.3, 0.4) is 0 Å². The van der Waals surface area contributed by atoms with Crippen molar-refractivity contribution in [3.63, 3.8) is 0 Å². The lowest BCUT2D eigenvalue weighted by Crippen LogP contribution is -2.52. The first-order valence-corrected chi connectivity index (χ1v) is 6.49. The summed E-state index contributed by atoms with van der Waals surface area (Å²) in [6.07, 6.45) is 2.04. The number of likely N-dealkylation sites (tertiary alicyclic amines) is 1. The van der Waals surface area contributed by atoms with Gasteiger partial charge in [0, 0.05) is 32.0 Å². The van der Waals surface area contributed by atoms with E-state index in [4.69, 9.17) is 0 Å². The summed E-state index contributed by atoms with van der Waals surface area (Å²) in [4.78, 5) is 25.0. The number of carbonyl (C=O) groups excluding carboxylic acids is 2. The second kappa shape index (κ2) is 6.03. The van der Waals surface area contributed by atoms with Crippen LogP contribution in [0, 0.1) is 11.8 Å². The zero-order chi connectivity index (χ0) is 13.0. The minimum atomic E-state index is 0.00258. The lowest BCUT2D eigenvalue weighted by atomic mass is 9.91. The monoisotopic (exact) mass is 240 g/mol. The number of hydrogen-bond acceptors (Lipinski definition) is 2. The predicted octanol–water partition coefficient (Wildman–Crippen LogP) is 1.41. The van der Waals surface area contributed by atoms with Crippen molar-refractivity contribution in [1.82, 2.24) is 10.2 Å². The van der Waals surface area contributed by atoms with Gasteiger partial charge in [-0.05, 0) is 12.3 Å². The Balaban J connectivity index is 2.59. The Hall–Kier alpha value is -1.06. The standard InChI is InChI=1S/C13H24N2O2/c1-5-11-6-12(14-13(17)9(2)3)8-15(7-11)10(4)16/h9,11-12H,5-8H2,1-4H3,(H,14,17). The van der Waals surface area contributed by atoms with Gasteiger partial charge >= 0.3 is 0 Å². The van der Waals surface area contributed by atoms with Gasteiger partial charge in [0.2, 0.25) is 11.8 Å². The Morgan fingerprint density at radius 3 is 2.47 bits per heavy atom. The molecule has 0 aromatic heterocycles. The molecule has 2 amide bonds. The second-order valence-corrected chi connectivity index (χ2v) is 5.29. The van der Waals surface area contributed by atoms with Crippen molar-refractivity contribution < 1.29 is 9.59 Å². The third-order valence-corrected chi connectivity index (χ3v) is 3.43. The van der Waals surface area contributed by atoms with Crippen molar-refractivity contribution in [2.24, 2.45) is 11.8 Å². The molecule has 2 atom stereocenters. The molecular weight excluding hydrogens is 216 g/mol. The molecule has 98 valence electrons. The quantitative estimate of drug-likeness (QED) is 0.810. The average molecular weight is 240 g/mol. The van der Waals surface area contributed by atoms with Crippen LogP contribution >= 0.6 is 0 Å². The lowest BCUT2D eigenvalue weighted by Gasteiger charge is -2.37. The van der Waals surface area contributed by atoms with Crippen molar-refractivity contribution in [2.45, 2.75) is 46.6 Å². The van der Waals surface area contributed by atoms with Gasteiger partial charge in [-0.1, -0.05) is 27.2 Å². The maximum Gasteiger partial charge on any atom is 0.222 e. The number of piperidine rings is 1. The average Bonchev–Trinajstić information content (AvgIpc) is 2.28. The molecule has 1 heterocycles. The minimum absolute atomic E-state index is 0.00258. The van der Waals surface area contributed by atoms with Crippen molar-refractivity contribution in [3.8, 4) is 0 Å². The minimum Gasteiger partial charge on any atom is -0.351 e. The van der Waals surface area contributed by atoms with Crippen LogP contribution in [0.4, 0.5) is 0 Å². The smallest absolute Gasteiger partial charge is 0.222 e. The van der Waals surface area contributed by atoms with Crippen molar-refractivity contribution in [3.05, 3.63) is 0 Å². The SMILES string of the molecule is CCC1CC(NC(=O)C(C)C)CN(C(C)=O)C1. The van der Waals surface area contributed by atoms with Crippen LogP contribution in [-0.2, 0) is 9.59 Å². The van der Waals surface area contributed by atoms with E-state index in [1.54, 1.807) is 6.92 Å². The molecule has 4 heteroatoms.